The molecule has 0 aliphatic carbocycles. The summed E-state index contributed by atoms with van der Waals surface area (Å²) >= 11 is 1.07. The van der Waals surface area contributed by atoms with Crippen molar-refractivity contribution < 1.29 is 9.72 Å². The Morgan fingerprint density at radius 3 is 2.67 bits per heavy atom. The standard InChI is InChI=1S/C12H14N2O3S/c15-11(13-8-2-1-3-9-13)6-4-10-5-7-12(18-10)14(16)17/h4-7H,1-3,8-9H2. The van der Waals surface area contributed by atoms with Gasteiger partial charge in [0, 0.05) is 30.1 Å². The second kappa shape index (κ2) is 5.77. The van der Waals surface area contributed by atoms with Crippen molar-refractivity contribution in [1.29, 1.82) is 0 Å². The first kappa shape index (κ1) is 12.8. The van der Waals surface area contributed by atoms with Crippen LogP contribution in [0.5, 0.6) is 0 Å². The average molecular weight is 266 g/mol. The van der Waals surface area contributed by atoms with E-state index in [9.17, 15) is 14.9 Å². The van der Waals surface area contributed by atoms with E-state index >= 15 is 0 Å². The van der Waals surface area contributed by atoms with Crippen molar-refractivity contribution in [2.24, 2.45) is 0 Å². The van der Waals surface area contributed by atoms with E-state index in [1.54, 1.807) is 12.1 Å². The molecule has 1 aromatic heterocycles. The minimum atomic E-state index is -0.422. The van der Waals surface area contributed by atoms with Crippen molar-refractivity contribution in [3.8, 4) is 0 Å². The molecule has 2 heterocycles. The van der Waals surface area contributed by atoms with Crippen LogP contribution in [0.25, 0.3) is 6.08 Å². The van der Waals surface area contributed by atoms with E-state index in [-0.39, 0.29) is 10.9 Å². The highest BCUT2D eigenvalue weighted by molar-refractivity contribution is 7.16. The highest BCUT2D eigenvalue weighted by Crippen LogP contribution is 2.24. The van der Waals surface area contributed by atoms with Gasteiger partial charge in [-0.05, 0) is 31.4 Å². The third-order valence-electron chi connectivity index (χ3n) is 2.85. The van der Waals surface area contributed by atoms with Gasteiger partial charge in [0.05, 0.1) is 4.92 Å². The van der Waals surface area contributed by atoms with E-state index in [1.165, 1.54) is 18.6 Å². The quantitative estimate of drug-likeness (QED) is 0.480. The van der Waals surface area contributed by atoms with Gasteiger partial charge in [-0.25, -0.2) is 0 Å². The second-order valence-electron chi connectivity index (χ2n) is 4.15. The van der Waals surface area contributed by atoms with Crippen LogP contribution >= 0.6 is 11.3 Å². The molecule has 0 saturated carbocycles. The molecule has 5 nitrogen and oxygen atoms in total. The molecule has 0 aromatic carbocycles. The second-order valence-corrected chi connectivity index (χ2v) is 5.25. The van der Waals surface area contributed by atoms with E-state index in [2.05, 4.69) is 0 Å². The first-order valence-corrected chi connectivity index (χ1v) is 6.70. The molecule has 0 radical (unpaired) electrons. The predicted octanol–water partition coefficient (Wildman–Crippen LogP) is 2.68. The molecule has 0 unspecified atom stereocenters. The molecule has 1 saturated heterocycles. The SMILES string of the molecule is O=C(C=Cc1ccc([N+](=O)[O-])s1)N1CCCCC1. The maximum Gasteiger partial charge on any atom is 0.324 e. The first-order chi connectivity index (χ1) is 8.66. The third-order valence-corrected chi connectivity index (χ3v) is 3.85. The van der Waals surface area contributed by atoms with Crippen molar-refractivity contribution in [3.63, 3.8) is 0 Å². The maximum absolute atomic E-state index is 11.8. The molecule has 1 amide bonds. The van der Waals surface area contributed by atoms with E-state index in [4.69, 9.17) is 0 Å². The van der Waals surface area contributed by atoms with E-state index in [0.717, 1.165) is 42.1 Å². The summed E-state index contributed by atoms with van der Waals surface area (Å²) in [6, 6.07) is 3.11. The minimum Gasteiger partial charge on any atom is -0.339 e. The molecule has 96 valence electrons. The Hall–Kier alpha value is -1.69. The largest absolute Gasteiger partial charge is 0.339 e. The van der Waals surface area contributed by atoms with Crippen LogP contribution in [0.1, 0.15) is 24.1 Å². The van der Waals surface area contributed by atoms with Crippen molar-refractivity contribution >= 4 is 28.3 Å². The summed E-state index contributed by atoms with van der Waals surface area (Å²) in [7, 11) is 0. The summed E-state index contributed by atoms with van der Waals surface area (Å²) in [5, 5.41) is 10.6. The van der Waals surface area contributed by atoms with Gasteiger partial charge >= 0.3 is 5.00 Å². The number of piperidine rings is 1. The van der Waals surface area contributed by atoms with E-state index in [1.807, 2.05) is 4.90 Å². The summed E-state index contributed by atoms with van der Waals surface area (Å²) < 4.78 is 0. The number of thiophene rings is 1. The van der Waals surface area contributed by atoms with Gasteiger partial charge in [-0.1, -0.05) is 11.3 Å². The fraction of sp³-hybridized carbons (Fsp3) is 0.417. The number of hydrogen-bond acceptors (Lipinski definition) is 4. The lowest BCUT2D eigenvalue weighted by atomic mass is 10.1. The molecule has 2 rings (SSSR count). The Morgan fingerprint density at radius 2 is 2.06 bits per heavy atom. The van der Waals surface area contributed by atoms with Crippen LogP contribution < -0.4 is 0 Å². The topological polar surface area (TPSA) is 63.4 Å². The zero-order valence-corrected chi connectivity index (χ0v) is 10.7. The lowest BCUT2D eigenvalue weighted by Crippen LogP contribution is -2.34. The number of carbonyl (C=O) groups excluding carboxylic acids is 1. The zero-order chi connectivity index (χ0) is 13.0. The van der Waals surface area contributed by atoms with Crippen molar-refractivity contribution in [2.75, 3.05) is 13.1 Å². The molecule has 6 heteroatoms. The summed E-state index contributed by atoms with van der Waals surface area (Å²) in [6.45, 7) is 1.63. The number of rotatable bonds is 3. The Bertz CT molecular complexity index is 475. The lowest BCUT2D eigenvalue weighted by Gasteiger charge is -2.25. The fourth-order valence-corrected chi connectivity index (χ4v) is 2.63. The number of nitrogens with zero attached hydrogens (tertiary/aromatic N) is 2. The number of hydrogen-bond donors (Lipinski definition) is 0. The van der Waals surface area contributed by atoms with Gasteiger partial charge in [-0.15, -0.1) is 0 Å². The first-order valence-electron chi connectivity index (χ1n) is 5.88. The molecule has 1 aromatic rings. The Kier molecular flexibility index (Phi) is 4.09. The number of likely N-dealkylation sites (tertiary alicyclic amines) is 1. The summed E-state index contributed by atoms with van der Waals surface area (Å²) in [4.78, 5) is 24.5. The summed E-state index contributed by atoms with van der Waals surface area (Å²) in [5.74, 6) is -0.00856. The van der Waals surface area contributed by atoms with Crippen LogP contribution in [-0.2, 0) is 4.79 Å². The Labute approximate surface area is 109 Å². The molecule has 0 atom stereocenters. The highest BCUT2D eigenvalue weighted by atomic mass is 32.1. The van der Waals surface area contributed by atoms with Crippen molar-refractivity contribution in [3.05, 3.63) is 33.2 Å². The van der Waals surface area contributed by atoms with Crippen LogP contribution in [0, 0.1) is 10.1 Å². The normalized spacial score (nSPS) is 16.1. The number of carbonyl (C=O) groups is 1. The lowest BCUT2D eigenvalue weighted by molar-refractivity contribution is -0.380. The Morgan fingerprint density at radius 1 is 1.33 bits per heavy atom. The molecule has 0 N–H and O–H groups in total. The average Bonchev–Trinajstić information content (AvgIpc) is 2.86. The molecule has 1 fully saturated rings. The van der Waals surface area contributed by atoms with Gasteiger partial charge in [0.1, 0.15) is 0 Å². The molecule has 18 heavy (non-hydrogen) atoms. The van der Waals surface area contributed by atoms with Crippen molar-refractivity contribution in [1.82, 2.24) is 4.90 Å². The van der Waals surface area contributed by atoms with Gasteiger partial charge in [0.25, 0.3) is 0 Å². The molecule has 1 aliphatic heterocycles. The molecule has 0 bridgehead atoms. The van der Waals surface area contributed by atoms with Gasteiger partial charge in [0.15, 0.2) is 0 Å². The third kappa shape index (κ3) is 3.16. The number of amides is 1. The van der Waals surface area contributed by atoms with E-state index in [0.29, 0.717) is 0 Å². The monoisotopic (exact) mass is 266 g/mol. The smallest absolute Gasteiger partial charge is 0.324 e. The van der Waals surface area contributed by atoms with Crippen LogP contribution in [0.2, 0.25) is 0 Å². The number of nitro groups is 1. The maximum atomic E-state index is 11.8. The van der Waals surface area contributed by atoms with Crippen molar-refractivity contribution in [2.45, 2.75) is 19.3 Å². The minimum absolute atomic E-state index is 0.00856. The van der Waals surface area contributed by atoms with Crippen LogP contribution in [0.15, 0.2) is 18.2 Å². The van der Waals surface area contributed by atoms with Gasteiger partial charge in [-0.3, -0.25) is 14.9 Å². The van der Waals surface area contributed by atoms with Gasteiger partial charge in [0.2, 0.25) is 5.91 Å². The van der Waals surface area contributed by atoms with Crippen LogP contribution in [0.4, 0.5) is 5.00 Å². The van der Waals surface area contributed by atoms with Crippen LogP contribution in [-0.4, -0.2) is 28.8 Å². The molecule has 0 spiro atoms. The Balaban J connectivity index is 1.96. The molecular weight excluding hydrogens is 252 g/mol. The highest BCUT2D eigenvalue weighted by Gasteiger charge is 2.14. The van der Waals surface area contributed by atoms with Crippen LogP contribution in [0.3, 0.4) is 0 Å². The molecule has 1 aliphatic rings. The summed E-state index contributed by atoms with van der Waals surface area (Å²) in [5.41, 5.74) is 0. The van der Waals surface area contributed by atoms with E-state index < -0.39 is 4.92 Å². The fourth-order valence-electron chi connectivity index (χ4n) is 1.90. The summed E-state index contributed by atoms with van der Waals surface area (Å²) in [6.07, 6.45) is 6.45. The predicted molar refractivity (Wildman–Crippen MR) is 70.4 cm³/mol. The van der Waals surface area contributed by atoms with Gasteiger partial charge in [-0.2, -0.15) is 0 Å². The van der Waals surface area contributed by atoms with Gasteiger partial charge < -0.3 is 4.90 Å². The molecular formula is C12H14N2O3S. The zero-order valence-electron chi connectivity index (χ0n) is 9.87.